The average molecular weight is 344 g/mol. The number of likely N-dealkylation sites (tertiary alicyclic amines) is 1. The van der Waals surface area contributed by atoms with E-state index < -0.39 is 12.0 Å². The molecule has 1 fully saturated rings. The molecule has 0 bridgehead atoms. The molecule has 2 heterocycles. The van der Waals surface area contributed by atoms with Crippen LogP contribution in [0.25, 0.3) is 5.69 Å². The highest BCUT2D eigenvalue weighted by Gasteiger charge is 2.37. The van der Waals surface area contributed by atoms with Gasteiger partial charge in [-0.3, -0.25) is 9.59 Å². The number of hydrogen-bond donors (Lipinski definition) is 1. The highest BCUT2D eigenvalue weighted by molar-refractivity contribution is 5.92. The van der Waals surface area contributed by atoms with E-state index >= 15 is 0 Å². The second-order valence-electron chi connectivity index (χ2n) is 6.19. The lowest BCUT2D eigenvalue weighted by atomic mass is 10.1. The molecule has 1 aromatic heterocycles. The molecule has 132 valence electrons. The van der Waals surface area contributed by atoms with Gasteiger partial charge in [0.1, 0.15) is 0 Å². The summed E-state index contributed by atoms with van der Waals surface area (Å²) in [5.74, 6) is -1.27. The van der Waals surface area contributed by atoms with Gasteiger partial charge in [-0.2, -0.15) is 0 Å². The number of nitrogens with zero attached hydrogens (tertiary/aromatic N) is 4. The average Bonchev–Trinajstić information content (AvgIpc) is 3.21. The zero-order valence-corrected chi connectivity index (χ0v) is 14.1. The van der Waals surface area contributed by atoms with Gasteiger partial charge in [0.25, 0.3) is 5.91 Å². The zero-order valence-electron chi connectivity index (χ0n) is 14.1. The zero-order chi connectivity index (χ0) is 18.0. The van der Waals surface area contributed by atoms with Crippen LogP contribution in [0.4, 0.5) is 0 Å². The maximum absolute atomic E-state index is 12.8. The summed E-state index contributed by atoms with van der Waals surface area (Å²) in [6, 6.07) is 7.28. The number of amides is 1. The number of carbonyl (C=O) groups excluding carboxylic acids is 1. The van der Waals surface area contributed by atoms with Gasteiger partial charge in [0.05, 0.1) is 24.4 Å². The molecule has 0 aliphatic carbocycles. The molecule has 1 saturated heterocycles. The monoisotopic (exact) mass is 344 g/mol. The molecule has 1 aliphatic rings. The van der Waals surface area contributed by atoms with Gasteiger partial charge in [-0.1, -0.05) is 22.9 Å². The fourth-order valence-electron chi connectivity index (χ4n) is 3.02. The molecule has 1 aliphatic heterocycles. The molecule has 1 aromatic carbocycles. The third-order valence-corrected chi connectivity index (χ3v) is 4.39. The van der Waals surface area contributed by atoms with Gasteiger partial charge in [0.15, 0.2) is 5.69 Å². The van der Waals surface area contributed by atoms with Gasteiger partial charge in [0, 0.05) is 19.7 Å². The summed E-state index contributed by atoms with van der Waals surface area (Å²) in [6.45, 7) is 2.34. The molecule has 0 radical (unpaired) electrons. The minimum Gasteiger partial charge on any atom is -0.481 e. The number of benzene rings is 1. The quantitative estimate of drug-likeness (QED) is 0.877. The van der Waals surface area contributed by atoms with Crippen molar-refractivity contribution >= 4 is 11.9 Å². The predicted molar refractivity (Wildman–Crippen MR) is 88.6 cm³/mol. The van der Waals surface area contributed by atoms with E-state index in [9.17, 15) is 9.59 Å². The van der Waals surface area contributed by atoms with Gasteiger partial charge < -0.3 is 14.7 Å². The van der Waals surface area contributed by atoms with Crippen LogP contribution in [-0.2, 0) is 9.53 Å². The molecule has 2 aromatic rings. The molecular weight excluding hydrogens is 324 g/mol. The summed E-state index contributed by atoms with van der Waals surface area (Å²) in [4.78, 5) is 25.3. The van der Waals surface area contributed by atoms with Crippen molar-refractivity contribution in [1.82, 2.24) is 19.9 Å². The first-order valence-electron chi connectivity index (χ1n) is 8.03. The van der Waals surface area contributed by atoms with E-state index in [-0.39, 0.29) is 24.1 Å². The molecule has 3 rings (SSSR count). The SMILES string of the molecule is COC1CC(CC(=O)O)N(C(=O)c2cn(-c3ccc(C)cc3)nn2)C1. The van der Waals surface area contributed by atoms with Crippen LogP contribution in [0.5, 0.6) is 0 Å². The molecule has 25 heavy (non-hydrogen) atoms. The Labute approximate surface area is 145 Å². The third kappa shape index (κ3) is 3.69. The number of hydrogen-bond acceptors (Lipinski definition) is 5. The smallest absolute Gasteiger partial charge is 0.305 e. The number of aromatic nitrogens is 3. The minimum atomic E-state index is -0.942. The number of rotatable bonds is 5. The summed E-state index contributed by atoms with van der Waals surface area (Å²) in [7, 11) is 1.56. The number of ether oxygens (including phenoxy) is 1. The number of aliphatic carboxylic acids is 1. The largest absolute Gasteiger partial charge is 0.481 e. The van der Waals surface area contributed by atoms with E-state index in [0.29, 0.717) is 13.0 Å². The second kappa shape index (κ2) is 7.02. The topological polar surface area (TPSA) is 97.6 Å². The van der Waals surface area contributed by atoms with Gasteiger partial charge in [-0.15, -0.1) is 5.10 Å². The Morgan fingerprint density at radius 3 is 2.68 bits per heavy atom. The van der Waals surface area contributed by atoms with Crippen molar-refractivity contribution in [3.63, 3.8) is 0 Å². The highest BCUT2D eigenvalue weighted by Crippen LogP contribution is 2.24. The van der Waals surface area contributed by atoms with Gasteiger partial charge in [0.2, 0.25) is 0 Å². The van der Waals surface area contributed by atoms with Crippen molar-refractivity contribution in [2.24, 2.45) is 0 Å². The molecule has 1 N–H and O–H groups in total. The van der Waals surface area contributed by atoms with Crippen molar-refractivity contribution in [3.8, 4) is 5.69 Å². The lowest BCUT2D eigenvalue weighted by Crippen LogP contribution is -2.37. The summed E-state index contributed by atoms with van der Waals surface area (Å²) in [5.41, 5.74) is 2.11. The van der Waals surface area contributed by atoms with Crippen LogP contribution in [0.2, 0.25) is 0 Å². The van der Waals surface area contributed by atoms with Crippen LogP contribution >= 0.6 is 0 Å². The van der Waals surface area contributed by atoms with Crippen molar-refractivity contribution in [2.45, 2.75) is 31.9 Å². The third-order valence-electron chi connectivity index (χ3n) is 4.39. The van der Waals surface area contributed by atoms with E-state index in [0.717, 1.165) is 11.3 Å². The van der Waals surface area contributed by atoms with Crippen LogP contribution in [0.15, 0.2) is 30.5 Å². The van der Waals surface area contributed by atoms with Crippen LogP contribution in [0.3, 0.4) is 0 Å². The summed E-state index contributed by atoms with van der Waals surface area (Å²) in [6.07, 6.45) is 1.78. The Hall–Kier alpha value is -2.74. The van der Waals surface area contributed by atoms with Gasteiger partial charge in [-0.25, -0.2) is 4.68 Å². The Bertz CT molecular complexity index is 771. The molecule has 8 heteroatoms. The van der Waals surface area contributed by atoms with Crippen molar-refractivity contribution in [3.05, 3.63) is 41.7 Å². The molecule has 2 atom stereocenters. The number of carbonyl (C=O) groups is 2. The first-order valence-corrected chi connectivity index (χ1v) is 8.03. The number of carboxylic acids is 1. The predicted octanol–water partition coefficient (Wildman–Crippen LogP) is 1.28. The molecule has 0 spiro atoms. The van der Waals surface area contributed by atoms with Gasteiger partial charge >= 0.3 is 5.97 Å². The fourth-order valence-corrected chi connectivity index (χ4v) is 3.02. The fraction of sp³-hybridized carbons (Fsp3) is 0.412. The first kappa shape index (κ1) is 17.1. The maximum atomic E-state index is 12.8. The Balaban J connectivity index is 1.80. The van der Waals surface area contributed by atoms with Crippen LogP contribution in [0.1, 0.15) is 28.9 Å². The van der Waals surface area contributed by atoms with E-state index in [1.807, 2.05) is 31.2 Å². The lowest BCUT2D eigenvalue weighted by molar-refractivity contribution is -0.138. The molecular formula is C17H20N4O4. The van der Waals surface area contributed by atoms with E-state index in [2.05, 4.69) is 10.3 Å². The summed E-state index contributed by atoms with van der Waals surface area (Å²) < 4.78 is 6.83. The lowest BCUT2D eigenvalue weighted by Gasteiger charge is -2.21. The molecule has 8 nitrogen and oxygen atoms in total. The van der Waals surface area contributed by atoms with Crippen molar-refractivity contribution in [1.29, 1.82) is 0 Å². The molecule has 1 amide bonds. The Morgan fingerprint density at radius 1 is 1.32 bits per heavy atom. The van der Waals surface area contributed by atoms with E-state index in [1.165, 1.54) is 9.58 Å². The second-order valence-corrected chi connectivity index (χ2v) is 6.19. The number of methoxy groups -OCH3 is 1. The van der Waals surface area contributed by atoms with E-state index in [1.54, 1.807) is 13.3 Å². The maximum Gasteiger partial charge on any atom is 0.305 e. The summed E-state index contributed by atoms with van der Waals surface area (Å²) >= 11 is 0. The van der Waals surface area contributed by atoms with Gasteiger partial charge in [-0.05, 0) is 25.5 Å². The summed E-state index contributed by atoms with van der Waals surface area (Å²) in [5, 5.41) is 17.0. The highest BCUT2D eigenvalue weighted by atomic mass is 16.5. The minimum absolute atomic E-state index is 0.113. The molecule has 2 unspecified atom stereocenters. The molecule has 0 saturated carbocycles. The normalized spacial score (nSPS) is 20.0. The standard InChI is InChI=1S/C17H20N4O4/c1-11-3-5-12(6-4-11)21-10-15(18-19-21)17(24)20-9-14(25-2)7-13(20)8-16(22)23/h3-6,10,13-14H,7-9H2,1-2H3,(H,22,23). The van der Waals surface area contributed by atoms with Crippen LogP contribution in [-0.4, -0.2) is 62.7 Å². The Morgan fingerprint density at radius 2 is 2.04 bits per heavy atom. The van der Waals surface area contributed by atoms with Crippen LogP contribution < -0.4 is 0 Å². The number of carboxylic acid groups (broad SMARTS) is 1. The Kier molecular flexibility index (Phi) is 4.80. The van der Waals surface area contributed by atoms with Crippen molar-refractivity contribution in [2.75, 3.05) is 13.7 Å². The van der Waals surface area contributed by atoms with Crippen LogP contribution in [0, 0.1) is 6.92 Å². The first-order chi connectivity index (χ1) is 12.0. The number of aryl methyl sites for hydroxylation is 1. The van der Waals surface area contributed by atoms with Crippen molar-refractivity contribution < 1.29 is 19.4 Å². The van der Waals surface area contributed by atoms with E-state index in [4.69, 9.17) is 9.84 Å².